The third kappa shape index (κ3) is 8.51. The molecule has 0 saturated heterocycles. The monoisotopic (exact) mass is 534 g/mol. The predicted molar refractivity (Wildman–Crippen MR) is 167 cm³/mol. The van der Waals surface area contributed by atoms with Gasteiger partial charge in [0.05, 0.1) is 11.0 Å². The van der Waals surface area contributed by atoms with E-state index in [4.69, 9.17) is 5.73 Å². The van der Waals surface area contributed by atoms with Gasteiger partial charge in [-0.3, -0.25) is 14.8 Å². The van der Waals surface area contributed by atoms with Gasteiger partial charge in [-0.15, -0.1) is 0 Å². The molecule has 0 fully saturated rings. The Hall–Kier alpha value is -4.49. The second-order valence-corrected chi connectivity index (χ2v) is 9.43. The number of fused-ring (bicyclic) bond motifs is 2. The molecule has 1 amide bonds. The molecule has 0 saturated carbocycles. The van der Waals surface area contributed by atoms with Crippen LogP contribution in [-0.4, -0.2) is 42.1 Å². The highest BCUT2D eigenvalue weighted by molar-refractivity contribution is 5.94. The molecule has 0 radical (unpaired) electrons. The lowest BCUT2D eigenvalue weighted by Gasteiger charge is -2.09. The summed E-state index contributed by atoms with van der Waals surface area (Å²) in [5, 5.41) is 12.1. The van der Waals surface area contributed by atoms with Crippen molar-refractivity contribution in [3.05, 3.63) is 109 Å². The van der Waals surface area contributed by atoms with E-state index in [0.717, 1.165) is 73.1 Å². The number of rotatable bonds is 12. The normalized spacial score (nSPS) is 10.5. The molecule has 3 aromatic carbocycles. The molecule has 40 heavy (non-hydrogen) atoms. The Kier molecular flexibility index (Phi) is 11.3. The maximum absolute atomic E-state index is 11.9. The van der Waals surface area contributed by atoms with Gasteiger partial charge in [0.25, 0.3) is 5.91 Å². The predicted octanol–water partition coefficient (Wildman–Crippen LogP) is 6.24. The number of nitrogens with one attached hydrogen (secondary N) is 3. The van der Waals surface area contributed by atoms with Crippen LogP contribution in [0.15, 0.2) is 103 Å². The molecule has 5 aromatic rings. The quantitative estimate of drug-likeness (QED) is 0.141. The van der Waals surface area contributed by atoms with Gasteiger partial charge in [-0.2, -0.15) is 0 Å². The van der Waals surface area contributed by atoms with Crippen LogP contribution in [0.4, 0.5) is 11.4 Å². The molecule has 0 aliphatic heterocycles. The van der Waals surface area contributed by atoms with Crippen LogP contribution in [-0.2, 0) is 0 Å². The van der Waals surface area contributed by atoms with Crippen molar-refractivity contribution < 1.29 is 4.79 Å². The van der Waals surface area contributed by atoms with Crippen molar-refractivity contribution in [2.75, 3.05) is 36.8 Å². The second-order valence-electron chi connectivity index (χ2n) is 9.43. The molecule has 0 aliphatic rings. The Morgan fingerprint density at radius 3 is 1.68 bits per heavy atom. The highest BCUT2D eigenvalue weighted by atomic mass is 16.1. The Labute approximate surface area is 236 Å². The summed E-state index contributed by atoms with van der Waals surface area (Å²) in [4.78, 5) is 20.6. The largest absolute Gasteiger partial charge is 0.384 e. The third-order valence-electron chi connectivity index (χ3n) is 6.48. The second kappa shape index (κ2) is 15.8. The number of carbonyl (C=O) groups is 1. The molecule has 206 valence electrons. The summed E-state index contributed by atoms with van der Waals surface area (Å²) in [5.41, 5.74) is 10.5. The standard InChI is InChI=1S/C20H21N3O.C13H17N3/c24-20(16-8-2-1-3-9-16)23-14-7-6-13-21-19-12-15-22-18-11-5-4-10-17(18)19;14-8-3-4-9-15-13-7-10-16-12-6-2-1-5-11(12)13/h1-5,8-12,15H,6-7,13-14H2,(H,21,22)(H,23,24);1-2,5-7,10H,3-4,8-9,14H2,(H,15,16). The van der Waals surface area contributed by atoms with Gasteiger partial charge in [-0.1, -0.05) is 54.6 Å². The van der Waals surface area contributed by atoms with Gasteiger partial charge in [0, 0.05) is 59.7 Å². The molecule has 0 spiro atoms. The number of para-hydroxylation sites is 2. The lowest BCUT2D eigenvalue weighted by molar-refractivity contribution is 0.0953. The maximum atomic E-state index is 11.9. The Morgan fingerprint density at radius 2 is 1.10 bits per heavy atom. The molecule has 0 bridgehead atoms. The number of hydrogen-bond acceptors (Lipinski definition) is 6. The molecule has 0 unspecified atom stereocenters. The van der Waals surface area contributed by atoms with E-state index in [-0.39, 0.29) is 5.91 Å². The molecular formula is C33H38N6O. The number of carbonyl (C=O) groups excluding carboxylic acids is 1. The fraction of sp³-hybridized carbons (Fsp3) is 0.242. The fourth-order valence-corrected chi connectivity index (χ4v) is 4.36. The average molecular weight is 535 g/mol. The van der Waals surface area contributed by atoms with E-state index in [1.165, 1.54) is 5.39 Å². The summed E-state index contributed by atoms with van der Waals surface area (Å²) in [6.45, 7) is 3.28. The van der Waals surface area contributed by atoms with E-state index >= 15 is 0 Å². The number of benzene rings is 3. The average Bonchev–Trinajstić information content (AvgIpc) is 3.02. The SMILES string of the molecule is NCCCCNc1ccnc2ccccc12.O=C(NCCCCNc1ccnc2ccccc12)c1ccccc1. The van der Waals surface area contributed by atoms with Crippen LogP contribution in [0.2, 0.25) is 0 Å². The summed E-state index contributed by atoms with van der Waals surface area (Å²) < 4.78 is 0. The minimum absolute atomic E-state index is 0.0105. The van der Waals surface area contributed by atoms with E-state index in [2.05, 4.69) is 38.1 Å². The first-order valence-corrected chi connectivity index (χ1v) is 13.9. The summed E-state index contributed by atoms with van der Waals surface area (Å²) >= 11 is 0. The van der Waals surface area contributed by atoms with Crippen LogP contribution in [0.3, 0.4) is 0 Å². The highest BCUT2D eigenvalue weighted by Crippen LogP contribution is 2.21. The van der Waals surface area contributed by atoms with Crippen molar-refractivity contribution in [1.82, 2.24) is 15.3 Å². The molecule has 2 aromatic heterocycles. The lowest BCUT2D eigenvalue weighted by Crippen LogP contribution is -2.24. The number of pyridine rings is 2. The number of aromatic nitrogens is 2. The van der Waals surface area contributed by atoms with E-state index in [1.54, 1.807) is 0 Å². The van der Waals surface area contributed by atoms with Crippen LogP contribution in [0.1, 0.15) is 36.0 Å². The molecule has 5 rings (SSSR count). The fourth-order valence-electron chi connectivity index (χ4n) is 4.36. The van der Waals surface area contributed by atoms with Crippen LogP contribution in [0.5, 0.6) is 0 Å². The molecule has 0 atom stereocenters. The summed E-state index contributed by atoms with van der Waals surface area (Å²) in [6.07, 6.45) is 7.77. The Morgan fingerprint density at radius 1 is 0.600 bits per heavy atom. The zero-order valence-corrected chi connectivity index (χ0v) is 22.9. The first-order chi connectivity index (χ1) is 19.8. The van der Waals surface area contributed by atoms with E-state index < -0.39 is 0 Å². The minimum atomic E-state index is -0.0105. The van der Waals surface area contributed by atoms with Gasteiger partial charge in [0.15, 0.2) is 0 Å². The van der Waals surface area contributed by atoms with Crippen molar-refractivity contribution in [3.63, 3.8) is 0 Å². The molecular weight excluding hydrogens is 496 g/mol. The number of unbranched alkanes of at least 4 members (excludes halogenated alkanes) is 2. The molecule has 2 heterocycles. The summed E-state index contributed by atoms with van der Waals surface area (Å²) in [5.74, 6) is -0.0105. The van der Waals surface area contributed by atoms with E-state index in [9.17, 15) is 4.79 Å². The van der Waals surface area contributed by atoms with Gasteiger partial charge < -0.3 is 21.7 Å². The lowest BCUT2D eigenvalue weighted by atomic mass is 10.2. The molecule has 7 heteroatoms. The van der Waals surface area contributed by atoms with Gasteiger partial charge in [-0.25, -0.2) is 0 Å². The zero-order valence-electron chi connectivity index (χ0n) is 22.9. The first kappa shape index (κ1) is 28.5. The number of nitrogens with zero attached hydrogens (tertiary/aromatic N) is 2. The van der Waals surface area contributed by atoms with Crippen LogP contribution in [0.25, 0.3) is 21.8 Å². The summed E-state index contributed by atoms with van der Waals surface area (Å²) in [7, 11) is 0. The molecule has 0 aliphatic carbocycles. The smallest absolute Gasteiger partial charge is 0.251 e. The van der Waals surface area contributed by atoms with Crippen LogP contribution >= 0.6 is 0 Å². The molecule has 5 N–H and O–H groups in total. The van der Waals surface area contributed by atoms with Gasteiger partial charge in [0.1, 0.15) is 0 Å². The van der Waals surface area contributed by atoms with Crippen molar-refractivity contribution in [1.29, 1.82) is 0 Å². The number of anilines is 2. The van der Waals surface area contributed by atoms with Gasteiger partial charge >= 0.3 is 0 Å². The van der Waals surface area contributed by atoms with Crippen molar-refractivity contribution >= 4 is 39.1 Å². The van der Waals surface area contributed by atoms with Crippen LogP contribution in [0, 0.1) is 0 Å². The topological polar surface area (TPSA) is 105 Å². The number of nitrogens with two attached hydrogens (primary N) is 1. The maximum Gasteiger partial charge on any atom is 0.251 e. The first-order valence-electron chi connectivity index (χ1n) is 13.9. The summed E-state index contributed by atoms with van der Waals surface area (Å²) in [6, 6.07) is 29.6. The van der Waals surface area contributed by atoms with E-state index in [1.807, 2.05) is 91.3 Å². The Balaban J connectivity index is 0.000000201. The van der Waals surface area contributed by atoms with Crippen molar-refractivity contribution in [3.8, 4) is 0 Å². The van der Waals surface area contributed by atoms with Gasteiger partial charge in [-0.05, 0) is 68.6 Å². The zero-order chi connectivity index (χ0) is 27.8. The number of amides is 1. The van der Waals surface area contributed by atoms with E-state index in [0.29, 0.717) is 12.1 Å². The van der Waals surface area contributed by atoms with Gasteiger partial charge in [0.2, 0.25) is 0 Å². The van der Waals surface area contributed by atoms with Crippen LogP contribution < -0.4 is 21.7 Å². The third-order valence-corrected chi connectivity index (χ3v) is 6.48. The van der Waals surface area contributed by atoms with Crippen molar-refractivity contribution in [2.45, 2.75) is 25.7 Å². The molecule has 7 nitrogen and oxygen atoms in total. The minimum Gasteiger partial charge on any atom is -0.384 e. The van der Waals surface area contributed by atoms with Crippen molar-refractivity contribution in [2.24, 2.45) is 5.73 Å². The number of hydrogen-bond donors (Lipinski definition) is 4. The highest BCUT2D eigenvalue weighted by Gasteiger charge is 2.04. The Bertz CT molecular complexity index is 1460.